The second kappa shape index (κ2) is 11.1. The van der Waals surface area contributed by atoms with Gasteiger partial charge in [0.1, 0.15) is 0 Å². The third-order valence-corrected chi connectivity index (χ3v) is 21.8. The molecule has 21 heavy (non-hydrogen) atoms. The van der Waals surface area contributed by atoms with Crippen molar-refractivity contribution < 1.29 is 0 Å². The molecule has 0 bridgehead atoms. The molecule has 0 saturated heterocycles. The van der Waals surface area contributed by atoms with Crippen LogP contribution in [-0.4, -0.2) is 43.4 Å². The molecule has 0 atom stereocenters. The summed E-state index contributed by atoms with van der Waals surface area (Å²) in [6.45, 7) is 9.73. The molecular formula is C19H39NSn. The molecular weight excluding hydrogens is 361 g/mol. The first-order valence-corrected chi connectivity index (χ1v) is 17.0. The fraction of sp³-hybridized carbons (Fsp3) is 0.895. The first-order valence-electron chi connectivity index (χ1n) is 9.56. The van der Waals surface area contributed by atoms with Crippen LogP contribution in [0.3, 0.4) is 0 Å². The van der Waals surface area contributed by atoms with Crippen LogP contribution in [0.5, 0.6) is 0 Å². The fourth-order valence-corrected chi connectivity index (χ4v) is 21.1. The van der Waals surface area contributed by atoms with Crippen molar-refractivity contribution in [3.63, 3.8) is 0 Å². The van der Waals surface area contributed by atoms with E-state index >= 15 is 0 Å². The van der Waals surface area contributed by atoms with Crippen LogP contribution in [0.4, 0.5) is 0 Å². The molecule has 0 saturated carbocycles. The third kappa shape index (κ3) is 6.64. The summed E-state index contributed by atoms with van der Waals surface area (Å²) in [6.07, 6.45) is 14.1. The minimum absolute atomic E-state index is 1.28. The van der Waals surface area contributed by atoms with Crippen molar-refractivity contribution in [1.82, 2.24) is 4.90 Å². The quantitative estimate of drug-likeness (QED) is 0.405. The van der Waals surface area contributed by atoms with E-state index in [1.807, 2.05) is 3.59 Å². The molecule has 0 radical (unpaired) electrons. The zero-order valence-electron chi connectivity index (χ0n) is 15.2. The van der Waals surface area contributed by atoms with Gasteiger partial charge in [-0.1, -0.05) is 0 Å². The van der Waals surface area contributed by atoms with Gasteiger partial charge in [-0.2, -0.15) is 0 Å². The van der Waals surface area contributed by atoms with Crippen molar-refractivity contribution in [2.75, 3.05) is 20.1 Å². The summed E-state index contributed by atoms with van der Waals surface area (Å²) in [7, 11) is 2.30. The normalized spacial score (nSPS) is 17.6. The first-order chi connectivity index (χ1) is 10.2. The number of nitrogens with zero attached hydrogens (tertiary/aromatic N) is 1. The predicted octanol–water partition coefficient (Wildman–Crippen LogP) is 6.03. The van der Waals surface area contributed by atoms with Crippen LogP contribution in [-0.2, 0) is 0 Å². The van der Waals surface area contributed by atoms with Crippen LogP contribution >= 0.6 is 0 Å². The monoisotopic (exact) mass is 401 g/mol. The average molecular weight is 400 g/mol. The maximum atomic E-state index is 2.72. The zero-order chi connectivity index (χ0) is 15.6. The van der Waals surface area contributed by atoms with E-state index in [0.29, 0.717) is 0 Å². The molecule has 1 heterocycles. The summed E-state index contributed by atoms with van der Waals surface area (Å²) in [5, 5.41) is 0. The molecule has 0 aliphatic carbocycles. The summed E-state index contributed by atoms with van der Waals surface area (Å²) in [5.74, 6) is 0. The molecule has 0 amide bonds. The second-order valence-electron chi connectivity index (χ2n) is 7.16. The summed E-state index contributed by atoms with van der Waals surface area (Å²) in [5.41, 5.74) is 0. The van der Waals surface area contributed by atoms with Crippen LogP contribution in [0.25, 0.3) is 0 Å². The van der Waals surface area contributed by atoms with Gasteiger partial charge in [0.15, 0.2) is 0 Å². The van der Waals surface area contributed by atoms with Crippen molar-refractivity contribution in [2.24, 2.45) is 0 Å². The fourth-order valence-electron chi connectivity index (χ4n) is 3.87. The molecule has 0 N–H and O–H groups in total. The molecule has 1 rings (SSSR count). The van der Waals surface area contributed by atoms with E-state index in [2.05, 4.69) is 38.8 Å². The molecule has 0 spiro atoms. The maximum absolute atomic E-state index is 2.72. The molecule has 0 aromatic rings. The molecule has 1 aliphatic heterocycles. The number of unbranched alkanes of at least 4 members (excludes halogenated alkanes) is 3. The summed E-state index contributed by atoms with van der Waals surface area (Å²) in [4.78, 5) is 2.54. The van der Waals surface area contributed by atoms with Crippen LogP contribution in [0.2, 0.25) is 13.3 Å². The van der Waals surface area contributed by atoms with Gasteiger partial charge < -0.3 is 0 Å². The van der Waals surface area contributed by atoms with Gasteiger partial charge in [-0.15, -0.1) is 0 Å². The Hall–Kier alpha value is 0.499. The van der Waals surface area contributed by atoms with Crippen molar-refractivity contribution >= 4 is 18.4 Å². The van der Waals surface area contributed by atoms with Crippen LogP contribution in [0, 0.1) is 0 Å². The third-order valence-electron chi connectivity index (χ3n) is 5.37. The summed E-state index contributed by atoms with van der Waals surface area (Å²) < 4.78 is 6.95. The van der Waals surface area contributed by atoms with Crippen LogP contribution in [0.15, 0.2) is 9.67 Å². The topological polar surface area (TPSA) is 3.24 Å². The number of hydrogen-bond donors (Lipinski definition) is 0. The van der Waals surface area contributed by atoms with Crippen LogP contribution in [0.1, 0.15) is 72.1 Å². The molecule has 0 aromatic heterocycles. The van der Waals surface area contributed by atoms with Gasteiger partial charge in [0.05, 0.1) is 0 Å². The van der Waals surface area contributed by atoms with Gasteiger partial charge in [0, 0.05) is 0 Å². The Kier molecular flexibility index (Phi) is 10.3. The number of hydrogen-bond acceptors (Lipinski definition) is 1. The SMILES string of the molecule is CCC[CH2][Sn]([CH2]CCC)([CH2]CCC)[C]1=CCCN(C)CC1. The van der Waals surface area contributed by atoms with Gasteiger partial charge in [-0.25, -0.2) is 0 Å². The Morgan fingerprint density at radius 3 is 1.90 bits per heavy atom. The van der Waals surface area contributed by atoms with Gasteiger partial charge in [-0.05, 0) is 0 Å². The zero-order valence-corrected chi connectivity index (χ0v) is 18.1. The van der Waals surface area contributed by atoms with Crippen molar-refractivity contribution in [3.05, 3.63) is 9.67 Å². The van der Waals surface area contributed by atoms with Crippen LogP contribution < -0.4 is 0 Å². The van der Waals surface area contributed by atoms with Crippen molar-refractivity contribution in [3.8, 4) is 0 Å². The van der Waals surface area contributed by atoms with Gasteiger partial charge in [-0.3, -0.25) is 0 Å². The van der Waals surface area contributed by atoms with Gasteiger partial charge >= 0.3 is 139 Å². The molecule has 1 aliphatic rings. The number of rotatable bonds is 10. The van der Waals surface area contributed by atoms with E-state index in [4.69, 9.17) is 0 Å². The van der Waals surface area contributed by atoms with Crippen molar-refractivity contribution in [1.29, 1.82) is 0 Å². The molecule has 124 valence electrons. The Bertz CT molecular complexity index is 276. The second-order valence-corrected chi connectivity index (χ2v) is 20.6. The van der Waals surface area contributed by atoms with E-state index < -0.39 is 18.4 Å². The van der Waals surface area contributed by atoms with Gasteiger partial charge in [0.2, 0.25) is 0 Å². The minimum atomic E-state index is -2.07. The summed E-state index contributed by atoms with van der Waals surface area (Å²) in [6, 6.07) is 0. The molecule has 0 aromatic carbocycles. The summed E-state index contributed by atoms with van der Waals surface area (Å²) >= 11 is -2.07. The van der Waals surface area contributed by atoms with Gasteiger partial charge in [0.25, 0.3) is 0 Å². The Morgan fingerprint density at radius 2 is 1.43 bits per heavy atom. The Balaban J connectivity index is 2.90. The van der Waals surface area contributed by atoms with Crippen molar-refractivity contribution in [2.45, 2.75) is 85.4 Å². The van der Waals surface area contributed by atoms with E-state index in [1.54, 1.807) is 13.3 Å². The Morgan fingerprint density at radius 1 is 0.905 bits per heavy atom. The molecule has 0 unspecified atom stereocenters. The molecule has 1 nitrogen and oxygen atoms in total. The molecule has 0 fully saturated rings. The van der Waals surface area contributed by atoms with E-state index in [9.17, 15) is 0 Å². The predicted molar refractivity (Wildman–Crippen MR) is 99.7 cm³/mol. The Labute approximate surface area is 138 Å². The van der Waals surface area contributed by atoms with E-state index in [1.165, 1.54) is 64.5 Å². The average Bonchev–Trinajstić information content (AvgIpc) is 2.72. The molecule has 2 heteroatoms. The van der Waals surface area contributed by atoms with E-state index in [0.717, 1.165) is 0 Å². The first kappa shape index (κ1) is 19.5. The van der Waals surface area contributed by atoms with E-state index in [-0.39, 0.29) is 0 Å². The standard InChI is InChI=1S/C7H12N.3C4H9.Sn/c1-8-6-4-2-3-5-7-8;3*1-3-4-2;/h2H,4-7H2,1H3;3*1,3-4H2,2H3;.